The molecule has 0 radical (unpaired) electrons. The summed E-state index contributed by atoms with van der Waals surface area (Å²) in [5.41, 5.74) is -0.693. The van der Waals surface area contributed by atoms with Crippen molar-refractivity contribution in [3.05, 3.63) is 24.3 Å². The molecule has 1 aliphatic carbocycles. The molecule has 0 atom stereocenters. The monoisotopic (exact) mass is 311 g/mol. The Morgan fingerprint density at radius 2 is 1.71 bits per heavy atom. The summed E-state index contributed by atoms with van der Waals surface area (Å²) in [4.78, 5) is 11.9. The van der Waals surface area contributed by atoms with E-state index in [0.717, 1.165) is 31.9 Å². The lowest BCUT2D eigenvalue weighted by atomic mass is 9.90. The molecule has 2 N–H and O–H groups in total. The number of sulfone groups is 1. The summed E-state index contributed by atoms with van der Waals surface area (Å²) < 4.78 is 23.7. The van der Waals surface area contributed by atoms with E-state index in [9.17, 15) is 18.3 Å². The normalized spacial score (nSPS) is 18.7. The summed E-state index contributed by atoms with van der Waals surface area (Å²) in [5, 5.41) is 12.7. The second-order valence-corrected chi connectivity index (χ2v) is 7.68. The minimum absolute atomic E-state index is 0.148. The van der Waals surface area contributed by atoms with Gasteiger partial charge in [0.25, 0.3) is 0 Å². The average Bonchev–Trinajstić information content (AvgIpc) is 2.65. The van der Waals surface area contributed by atoms with E-state index in [0.29, 0.717) is 18.5 Å². The topological polar surface area (TPSA) is 83.5 Å². The lowest BCUT2D eigenvalue weighted by molar-refractivity contribution is -0.142. The maximum absolute atomic E-state index is 11.9. The van der Waals surface area contributed by atoms with E-state index in [4.69, 9.17) is 0 Å². The van der Waals surface area contributed by atoms with Crippen LogP contribution in [0.15, 0.2) is 29.2 Å². The van der Waals surface area contributed by atoms with Gasteiger partial charge in [0.15, 0.2) is 9.84 Å². The van der Waals surface area contributed by atoms with Crippen LogP contribution in [-0.4, -0.2) is 31.3 Å². The lowest BCUT2D eigenvalue weighted by Crippen LogP contribution is -2.46. The molecule has 1 saturated carbocycles. The largest absolute Gasteiger partial charge is 0.480 e. The van der Waals surface area contributed by atoms with Crippen molar-refractivity contribution < 1.29 is 18.3 Å². The Labute approximate surface area is 125 Å². The number of aliphatic carboxylic acids is 1. The highest BCUT2D eigenvalue weighted by Crippen LogP contribution is 2.33. The SMILES string of the molecule is CS(=O)(=O)c1ccccc1NC1(C(=O)O)CCCCCC1. The van der Waals surface area contributed by atoms with Crippen molar-refractivity contribution in [3.63, 3.8) is 0 Å². The van der Waals surface area contributed by atoms with Crippen molar-refractivity contribution >= 4 is 21.5 Å². The number of carboxylic acids is 1. The summed E-state index contributed by atoms with van der Waals surface area (Å²) >= 11 is 0. The molecule has 5 nitrogen and oxygen atoms in total. The minimum atomic E-state index is -3.40. The standard InChI is InChI=1S/C15H21NO4S/c1-21(19,20)13-9-5-4-8-12(13)16-15(14(17)18)10-6-2-3-7-11-15/h4-5,8-9,16H,2-3,6-7,10-11H2,1H3,(H,17,18). The molecule has 0 amide bonds. The van der Waals surface area contributed by atoms with E-state index in [2.05, 4.69) is 5.32 Å². The number of nitrogens with one attached hydrogen (secondary N) is 1. The first kappa shape index (κ1) is 15.8. The molecule has 2 rings (SSSR count). The molecule has 1 fully saturated rings. The third kappa shape index (κ3) is 3.56. The van der Waals surface area contributed by atoms with Gasteiger partial charge in [-0.2, -0.15) is 0 Å². The number of carbonyl (C=O) groups is 1. The first-order valence-corrected chi connectivity index (χ1v) is 9.05. The molecule has 0 heterocycles. The van der Waals surface area contributed by atoms with Crippen molar-refractivity contribution in [1.82, 2.24) is 0 Å². The van der Waals surface area contributed by atoms with E-state index >= 15 is 0 Å². The Bertz CT molecular complexity index is 616. The Hall–Kier alpha value is -1.56. The zero-order valence-corrected chi connectivity index (χ0v) is 12.9. The zero-order chi connectivity index (χ0) is 15.5. The molecule has 0 spiro atoms. The highest BCUT2D eigenvalue weighted by molar-refractivity contribution is 7.90. The highest BCUT2D eigenvalue weighted by atomic mass is 32.2. The molecule has 6 heteroatoms. The molecule has 0 aromatic heterocycles. The summed E-state index contributed by atoms with van der Waals surface area (Å²) in [6.45, 7) is 0. The molecule has 1 aromatic rings. The maximum Gasteiger partial charge on any atom is 0.329 e. The van der Waals surface area contributed by atoms with E-state index in [1.807, 2.05) is 0 Å². The third-order valence-electron chi connectivity index (χ3n) is 4.03. The quantitative estimate of drug-likeness (QED) is 0.835. The predicted octanol–water partition coefficient (Wildman–Crippen LogP) is 2.68. The molecule has 0 saturated heterocycles. The van der Waals surface area contributed by atoms with Crippen LogP contribution in [-0.2, 0) is 14.6 Å². The molecule has 0 unspecified atom stereocenters. The van der Waals surface area contributed by atoms with Gasteiger partial charge in [-0.1, -0.05) is 37.8 Å². The van der Waals surface area contributed by atoms with E-state index in [-0.39, 0.29) is 4.90 Å². The molecule has 0 aliphatic heterocycles. The van der Waals surface area contributed by atoms with Crippen LogP contribution in [0.1, 0.15) is 38.5 Å². The van der Waals surface area contributed by atoms with Gasteiger partial charge in [-0.15, -0.1) is 0 Å². The zero-order valence-electron chi connectivity index (χ0n) is 12.1. The summed E-state index contributed by atoms with van der Waals surface area (Å²) in [7, 11) is -3.40. The number of hydrogen-bond donors (Lipinski definition) is 2. The maximum atomic E-state index is 11.9. The Kier molecular flexibility index (Phi) is 4.56. The molecular weight excluding hydrogens is 290 g/mol. The van der Waals surface area contributed by atoms with Crippen molar-refractivity contribution in [1.29, 1.82) is 0 Å². The van der Waals surface area contributed by atoms with Gasteiger partial charge in [-0.25, -0.2) is 13.2 Å². The van der Waals surface area contributed by atoms with Gasteiger partial charge >= 0.3 is 5.97 Å². The summed E-state index contributed by atoms with van der Waals surface area (Å²) in [6.07, 6.45) is 5.87. The second-order valence-electron chi connectivity index (χ2n) is 5.69. The Morgan fingerprint density at radius 3 is 2.24 bits per heavy atom. The molecule has 1 aromatic carbocycles. The van der Waals surface area contributed by atoms with Gasteiger partial charge in [0.05, 0.1) is 10.6 Å². The molecule has 0 bridgehead atoms. The molecule has 1 aliphatic rings. The van der Waals surface area contributed by atoms with Crippen molar-refractivity contribution in [3.8, 4) is 0 Å². The minimum Gasteiger partial charge on any atom is -0.480 e. The second kappa shape index (κ2) is 6.05. The van der Waals surface area contributed by atoms with Gasteiger partial charge < -0.3 is 10.4 Å². The van der Waals surface area contributed by atoms with Crippen LogP contribution in [0.3, 0.4) is 0 Å². The molecule has 21 heavy (non-hydrogen) atoms. The van der Waals surface area contributed by atoms with Crippen LogP contribution < -0.4 is 5.32 Å². The Balaban J connectivity index is 2.40. The predicted molar refractivity (Wildman–Crippen MR) is 81.2 cm³/mol. The molecular formula is C15H21NO4S. The first-order chi connectivity index (χ1) is 9.85. The number of rotatable bonds is 4. The van der Waals surface area contributed by atoms with Gasteiger partial charge in [0, 0.05) is 6.26 Å². The van der Waals surface area contributed by atoms with Crippen molar-refractivity contribution in [2.45, 2.75) is 49.0 Å². The molecule has 116 valence electrons. The van der Waals surface area contributed by atoms with Crippen LogP contribution in [0, 0.1) is 0 Å². The van der Waals surface area contributed by atoms with Gasteiger partial charge in [0.1, 0.15) is 5.54 Å². The van der Waals surface area contributed by atoms with E-state index in [1.54, 1.807) is 18.2 Å². The third-order valence-corrected chi connectivity index (χ3v) is 5.18. The van der Waals surface area contributed by atoms with Gasteiger partial charge in [-0.05, 0) is 25.0 Å². The summed E-state index contributed by atoms with van der Waals surface area (Å²) in [5.74, 6) is -0.910. The van der Waals surface area contributed by atoms with Crippen LogP contribution >= 0.6 is 0 Å². The lowest BCUT2D eigenvalue weighted by Gasteiger charge is -2.31. The fraction of sp³-hybridized carbons (Fsp3) is 0.533. The number of benzene rings is 1. The number of anilines is 1. The summed E-state index contributed by atoms with van der Waals surface area (Å²) in [6, 6.07) is 6.49. The van der Waals surface area contributed by atoms with Gasteiger partial charge in [0.2, 0.25) is 0 Å². The van der Waals surface area contributed by atoms with Crippen LogP contribution in [0.5, 0.6) is 0 Å². The van der Waals surface area contributed by atoms with E-state index < -0.39 is 21.3 Å². The van der Waals surface area contributed by atoms with Crippen molar-refractivity contribution in [2.24, 2.45) is 0 Å². The van der Waals surface area contributed by atoms with Crippen LogP contribution in [0.2, 0.25) is 0 Å². The van der Waals surface area contributed by atoms with Crippen LogP contribution in [0.4, 0.5) is 5.69 Å². The fourth-order valence-corrected chi connectivity index (χ4v) is 3.72. The van der Waals surface area contributed by atoms with E-state index in [1.165, 1.54) is 6.07 Å². The first-order valence-electron chi connectivity index (χ1n) is 7.16. The number of para-hydroxylation sites is 1. The van der Waals surface area contributed by atoms with Crippen molar-refractivity contribution in [2.75, 3.05) is 11.6 Å². The highest BCUT2D eigenvalue weighted by Gasteiger charge is 2.39. The smallest absolute Gasteiger partial charge is 0.329 e. The Morgan fingerprint density at radius 1 is 1.14 bits per heavy atom. The fourth-order valence-electron chi connectivity index (χ4n) is 2.88. The average molecular weight is 311 g/mol. The number of hydrogen-bond acceptors (Lipinski definition) is 4. The van der Waals surface area contributed by atoms with Crippen LogP contribution in [0.25, 0.3) is 0 Å². The number of carboxylic acid groups (broad SMARTS) is 1. The van der Waals surface area contributed by atoms with Gasteiger partial charge in [-0.3, -0.25) is 0 Å².